The smallest absolute Gasteiger partial charge is 0.303 e. The van der Waals surface area contributed by atoms with Crippen molar-refractivity contribution in [2.75, 3.05) is 7.11 Å². The highest BCUT2D eigenvalue weighted by molar-refractivity contribution is 5.69. The molecule has 2 unspecified atom stereocenters. The Kier molecular flexibility index (Phi) is 7.31. The lowest BCUT2D eigenvalue weighted by Crippen LogP contribution is -2.67. The molecule has 1 fully saturated rings. The van der Waals surface area contributed by atoms with Crippen LogP contribution in [0.15, 0.2) is 0 Å². The predicted octanol–water partition coefficient (Wildman–Crippen LogP) is -0.897. The lowest BCUT2D eigenvalue weighted by atomic mass is 9.84. The largest absolute Gasteiger partial charge is 0.456 e. The normalized spacial score (nSPS) is 31.6. The summed E-state index contributed by atoms with van der Waals surface area (Å²) >= 11 is 0. The highest BCUT2D eigenvalue weighted by atomic mass is 16.6. The summed E-state index contributed by atoms with van der Waals surface area (Å²) in [6.07, 6.45) is -8.10. The Morgan fingerprint density at radius 2 is 0.880 bits per heavy atom. The van der Waals surface area contributed by atoms with E-state index in [9.17, 15) is 24.3 Å². The van der Waals surface area contributed by atoms with Crippen molar-refractivity contribution in [3.8, 4) is 0 Å². The standard InChI is InChI=1S/C15H22O10/c1-6(16)22-11-10(20)12(23-7(2)17)15(25-9(4)19)13(21-5)14(11)24-8(3)18/h10-15,20H,1-5H3/t10?,11-,12-,13?,14-,15+/m0/s1. The van der Waals surface area contributed by atoms with E-state index in [-0.39, 0.29) is 0 Å². The molecule has 1 saturated carbocycles. The molecule has 0 heterocycles. The summed E-state index contributed by atoms with van der Waals surface area (Å²) < 4.78 is 25.5. The van der Waals surface area contributed by atoms with E-state index in [1.807, 2.05) is 0 Å². The monoisotopic (exact) mass is 362 g/mol. The third-order valence-corrected chi connectivity index (χ3v) is 3.45. The average Bonchev–Trinajstić information content (AvgIpc) is 2.46. The first kappa shape index (κ1) is 20.8. The van der Waals surface area contributed by atoms with Crippen LogP contribution in [0.5, 0.6) is 0 Å². The van der Waals surface area contributed by atoms with Gasteiger partial charge in [0.05, 0.1) is 0 Å². The topological polar surface area (TPSA) is 135 Å². The number of hydrogen-bond acceptors (Lipinski definition) is 10. The van der Waals surface area contributed by atoms with Crippen molar-refractivity contribution in [2.45, 2.75) is 64.3 Å². The van der Waals surface area contributed by atoms with E-state index in [1.54, 1.807) is 0 Å². The highest BCUT2D eigenvalue weighted by Gasteiger charge is 2.57. The predicted molar refractivity (Wildman–Crippen MR) is 79.0 cm³/mol. The first-order valence-corrected chi connectivity index (χ1v) is 7.48. The van der Waals surface area contributed by atoms with Gasteiger partial charge >= 0.3 is 23.9 Å². The maximum atomic E-state index is 11.4. The number of aliphatic hydroxyl groups is 1. The summed E-state index contributed by atoms with van der Waals surface area (Å²) in [5.41, 5.74) is 0. The minimum absolute atomic E-state index is 0.732. The Labute approximate surface area is 144 Å². The van der Waals surface area contributed by atoms with E-state index in [0.717, 1.165) is 27.7 Å². The zero-order valence-electron chi connectivity index (χ0n) is 14.6. The van der Waals surface area contributed by atoms with Crippen LogP contribution in [0.2, 0.25) is 0 Å². The summed E-state index contributed by atoms with van der Waals surface area (Å²) in [5.74, 6) is -2.99. The van der Waals surface area contributed by atoms with Gasteiger partial charge in [-0.2, -0.15) is 0 Å². The molecular weight excluding hydrogens is 340 g/mol. The van der Waals surface area contributed by atoms with Gasteiger partial charge in [-0.15, -0.1) is 0 Å². The minimum Gasteiger partial charge on any atom is -0.456 e. The van der Waals surface area contributed by atoms with E-state index in [0.29, 0.717) is 0 Å². The molecule has 1 N–H and O–H groups in total. The summed E-state index contributed by atoms with van der Waals surface area (Å²) in [6.45, 7) is 4.42. The zero-order valence-corrected chi connectivity index (χ0v) is 14.6. The van der Waals surface area contributed by atoms with Crippen LogP contribution in [-0.2, 0) is 42.9 Å². The van der Waals surface area contributed by atoms with Crippen molar-refractivity contribution in [3.63, 3.8) is 0 Å². The second kappa shape index (κ2) is 8.77. The number of ether oxygens (including phenoxy) is 5. The fraction of sp³-hybridized carbons (Fsp3) is 0.733. The van der Waals surface area contributed by atoms with Gasteiger partial charge in [0.2, 0.25) is 0 Å². The van der Waals surface area contributed by atoms with E-state index in [4.69, 9.17) is 23.7 Å². The summed E-state index contributed by atoms with van der Waals surface area (Å²) in [4.78, 5) is 45.5. The quantitative estimate of drug-likeness (QED) is 0.484. The molecule has 142 valence electrons. The van der Waals surface area contributed by atoms with Gasteiger partial charge < -0.3 is 28.8 Å². The number of rotatable bonds is 5. The maximum Gasteiger partial charge on any atom is 0.303 e. The second-order valence-electron chi connectivity index (χ2n) is 5.49. The summed E-state index contributed by atoms with van der Waals surface area (Å²) in [5, 5.41) is 10.5. The molecule has 0 aromatic rings. The van der Waals surface area contributed by atoms with Crippen LogP contribution in [0, 0.1) is 0 Å². The second-order valence-corrected chi connectivity index (χ2v) is 5.49. The fourth-order valence-corrected chi connectivity index (χ4v) is 2.71. The SMILES string of the molecule is COC1[C@@H](OC(C)=O)[C@@H](OC(C)=O)C(O)[C@H](OC(C)=O)[C@H]1OC(C)=O. The van der Waals surface area contributed by atoms with Crippen LogP contribution in [-0.4, -0.2) is 72.7 Å². The van der Waals surface area contributed by atoms with E-state index in [1.165, 1.54) is 7.11 Å². The molecule has 0 radical (unpaired) electrons. The Morgan fingerprint density at radius 3 is 1.12 bits per heavy atom. The molecule has 1 aliphatic rings. The number of aliphatic hydroxyl groups excluding tert-OH is 1. The molecule has 0 amide bonds. The van der Waals surface area contributed by atoms with Crippen molar-refractivity contribution in [3.05, 3.63) is 0 Å². The minimum atomic E-state index is -1.62. The van der Waals surface area contributed by atoms with Gasteiger partial charge in [0, 0.05) is 34.8 Å². The molecule has 0 aromatic carbocycles. The molecule has 0 spiro atoms. The van der Waals surface area contributed by atoms with Crippen LogP contribution in [0.3, 0.4) is 0 Å². The number of carbonyl (C=O) groups is 4. The zero-order chi connectivity index (χ0) is 19.3. The lowest BCUT2D eigenvalue weighted by molar-refractivity contribution is -0.255. The third-order valence-electron chi connectivity index (χ3n) is 3.45. The van der Waals surface area contributed by atoms with E-state index < -0.39 is 60.5 Å². The molecule has 0 aromatic heterocycles. The van der Waals surface area contributed by atoms with Crippen LogP contribution < -0.4 is 0 Å². The maximum absolute atomic E-state index is 11.4. The van der Waals surface area contributed by atoms with Crippen molar-refractivity contribution in [2.24, 2.45) is 0 Å². The van der Waals surface area contributed by atoms with Gasteiger partial charge in [0.1, 0.15) is 12.2 Å². The van der Waals surface area contributed by atoms with Gasteiger partial charge in [0.15, 0.2) is 24.4 Å². The molecule has 25 heavy (non-hydrogen) atoms. The van der Waals surface area contributed by atoms with Crippen molar-refractivity contribution >= 4 is 23.9 Å². The first-order valence-electron chi connectivity index (χ1n) is 7.48. The number of carbonyl (C=O) groups excluding carboxylic acids is 4. The lowest BCUT2D eigenvalue weighted by Gasteiger charge is -2.45. The molecule has 10 nitrogen and oxygen atoms in total. The molecule has 0 aliphatic heterocycles. The van der Waals surface area contributed by atoms with Crippen LogP contribution in [0.25, 0.3) is 0 Å². The van der Waals surface area contributed by atoms with Gasteiger partial charge in [-0.05, 0) is 0 Å². The third kappa shape index (κ3) is 5.40. The summed E-state index contributed by atoms with van der Waals surface area (Å²) in [6, 6.07) is 0. The molecule has 1 rings (SSSR count). The van der Waals surface area contributed by atoms with Gasteiger partial charge in [-0.1, -0.05) is 0 Å². The molecule has 1 aliphatic carbocycles. The number of methoxy groups -OCH3 is 1. The Balaban J connectivity index is 3.33. The van der Waals surface area contributed by atoms with Gasteiger partial charge in [0.25, 0.3) is 0 Å². The highest BCUT2D eigenvalue weighted by Crippen LogP contribution is 2.32. The fourth-order valence-electron chi connectivity index (χ4n) is 2.71. The van der Waals surface area contributed by atoms with Gasteiger partial charge in [-0.3, -0.25) is 19.2 Å². The molecule has 6 atom stereocenters. The number of esters is 4. The Hall–Kier alpha value is -2.20. The molecule has 0 saturated heterocycles. The Bertz CT molecular complexity index is 486. The van der Waals surface area contributed by atoms with Crippen molar-refractivity contribution < 1.29 is 48.0 Å². The molecular formula is C15H22O10. The molecule has 0 bridgehead atoms. The Morgan fingerprint density at radius 1 is 0.600 bits per heavy atom. The number of hydrogen-bond donors (Lipinski definition) is 1. The van der Waals surface area contributed by atoms with Crippen molar-refractivity contribution in [1.29, 1.82) is 0 Å². The summed E-state index contributed by atoms with van der Waals surface area (Å²) in [7, 11) is 1.24. The van der Waals surface area contributed by atoms with Crippen LogP contribution in [0.4, 0.5) is 0 Å². The van der Waals surface area contributed by atoms with E-state index >= 15 is 0 Å². The van der Waals surface area contributed by atoms with Crippen LogP contribution in [0.1, 0.15) is 27.7 Å². The average molecular weight is 362 g/mol. The molecule has 10 heteroatoms. The first-order chi connectivity index (χ1) is 11.6. The van der Waals surface area contributed by atoms with Crippen molar-refractivity contribution in [1.82, 2.24) is 0 Å². The van der Waals surface area contributed by atoms with Gasteiger partial charge in [-0.25, -0.2) is 0 Å². The van der Waals surface area contributed by atoms with E-state index in [2.05, 4.69) is 0 Å². The van der Waals surface area contributed by atoms with Crippen LogP contribution >= 0.6 is 0 Å².